The summed E-state index contributed by atoms with van der Waals surface area (Å²) < 4.78 is 12.9. The fourth-order valence-electron chi connectivity index (χ4n) is 3.11. The van der Waals surface area contributed by atoms with Crippen LogP contribution in [0.25, 0.3) is 0 Å². The second-order valence-corrected chi connectivity index (χ2v) is 5.94. The topological polar surface area (TPSA) is 40.5 Å². The molecule has 0 spiro atoms. The maximum absolute atomic E-state index is 12.9. The molecule has 0 radical (unpaired) electrons. The van der Waals surface area contributed by atoms with Gasteiger partial charge in [0.25, 0.3) is 0 Å². The minimum atomic E-state index is -0.975. The second-order valence-electron chi connectivity index (χ2n) is 5.94. The van der Waals surface area contributed by atoms with E-state index >= 15 is 0 Å². The van der Waals surface area contributed by atoms with E-state index in [0.29, 0.717) is 12.0 Å². The Balaban J connectivity index is 1.85. The molecule has 1 N–H and O–H groups in total. The van der Waals surface area contributed by atoms with Gasteiger partial charge < -0.3 is 10.0 Å². The van der Waals surface area contributed by atoms with E-state index in [2.05, 4.69) is 11.8 Å². The number of likely N-dealkylation sites (tertiary alicyclic amines) is 1. The van der Waals surface area contributed by atoms with Crippen molar-refractivity contribution in [3.8, 4) is 11.8 Å². The summed E-state index contributed by atoms with van der Waals surface area (Å²) in [7, 11) is 1.69. The lowest BCUT2D eigenvalue weighted by molar-refractivity contribution is -0.128. The van der Waals surface area contributed by atoms with Gasteiger partial charge in [0.15, 0.2) is 0 Å². The lowest BCUT2D eigenvalue weighted by atomic mass is 9.88. The average molecular weight is 323 g/mol. The van der Waals surface area contributed by atoms with Crippen LogP contribution >= 0.6 is 0 Å². The van der Waals surface area contributed by atoms with E-state index in [4.69, 9.17) is 0 Å². The van der Waals surface area contributed by atoms with Crippen LogP contribution in [0.1, 0.15) is 23.5 Å². The zero-order valence-electron chi connectivity index (χ0n) is 13.3. The van der Waals surface area contributed by atoms with Gasteiger partial charge in [0, 0.05) is 24.9 Å². The van der Waals surface area contributed by atoms with Crippen molar-refractivity contribution in [3.05, 3.63) is 71.5 Å². The smallest absolute Gasteiger partial charge is 0.223 e. The van der Waals surface area contributed by atoms with Crippen molar-refractivity contribution in [1.29, 1.82) is 0 Å². The van der Waals surface area contributed by atoms with Crippen LogP contribution in [0, 0.1) is 17.7 Å². The van der Waals surface area contributed by atoms with Gasteiger partial charge in [-0.1, -0.05) is 42.2 Å². The highest BCUT2D eigenvalue weighted by Gasteiger charge is 2.41. The minimum absolute atomic E-state index is 0.00325. The standard InChI is InChI=1S/C20H18FNO2/c1-22-19(24)13-17(15-5-3-2-4-6-15)20(22)18(23)12-9-14-7-10-16(21)11-8-14/h2-8,10-11,17-18,20,23H,13H2,1H3/t17-,18+,20-/m1/s1. The number of carbonyl (C=O) groups is 1. The number of aliphatic hydroxyl groups is 1. The van der Waals surface area contributed by atoms with E-state index in [9.17, 15) is 14.3 Å². The van der Waals surface area contributed by atoms with E-state index in [-0.39, 0.29) is 17.6 Å². The number of hydrogen-bond acceptors (Lipinski definition) is 2. The number of nitrogens with zero attached hydrogens (tertiary/aromatic N) is 1. The Bertz CT molecular complexity index is 777. The summed E-state index contributed by atoms with van der Waals surface area (Å²) in [5, 5.41) is 10.5. The molecule has 122 valence electrons. The van der Waals surface area contributed by atoms with E-state index < -0.39 is 12.1 Å². The summed E-state index contributed by atoms with van der Waals surface area (Å²) >= 11 is 0. The molecule has 1 aliphatic heterocycles. The SMILES string of the molecule is CN1C(=O)C[C@H](c2ccccc2)[C@@H]1[C@@H](O)C#Cc1ccc(F)cc1. The molecule has 0 bridgehead atoms. The molecule has 0 aliphatic carbocycles. The first kappa shape index (κ1) is 16.2. The first-order valence-corrected chi connectivity index (χ1v) is 7.82. The summed E-state index contributed by atoms with van der Waals surface area (Å²) in [5.74, 6) is 5.22. The molecule has 2 aromatic rings. The molecule has 0 aromatic heterocycles. The highest BCUT2D eigenvalue weighted by Crippen LogP contribution is 2.35. The van der Waals surface area contributed by atoms with Gasteiger partial charge in [0.1, 0.15) is 11.9 Å². The second kappa shape index (κ2) is 6.86. The third-order valence-corrected chi connectivity index (χ3v) is 4.41. The monoisotopic (exact) mass is 323 g/mol. The van der Waals surface area contributed by atoms with Crippen molar-refractivity contribution in [3.63, 3.8) is 0 Å². The van der Waals surface area contributed by atoms with E-state index in [1.807, 2.05) is 30.3 Å². The molecule has 1 heterocycles. The number of carbonyl (C=O) groups excluding carboxylic acids is 1. The van der Waals surface area contributed by atoms with Crippen LogP contribution in [0.15, 0.2) is 54.6 Å². The van der Waals surface area contributed by atoms with Gasteiger partial charge in [-0.15, -0.1) is 0 Å². The van der Waals surface area contributed by atoms with Crippen LogP contribution in [0.4, 0.5) is 4.39 Å². The maximum Gasteiger partial charge on any atom is 0.223 e. The zero-order chi connectivity index (χ0) is 17.1. The molecule has 0 unspecified atom stereocenters. The number of benzene rings is 2. The van der Waals surface area contributed by atoms with Gasteiger partial charge in [-0.05, 0) is 29.8 Å². The van der Waals surface area contributed by atoms with Crippen molar-refractivity contribution < 1.29 is 14.3 Å². The van der Waals surface area contributed by atoms with Gasteiger partial charge in [-0.2, -0.15) is 0 Å². The van der Waals surface area contributed by atoms with Gasteiger partial charge in [0.05, 0.1) is 6.04 Å². The molecule has 3 rings (SSSR count). The summed E-state index contributed by atoms with van der Waals surface area (Å²) in [6.45, 7) is 0. The fraction of sp³-hybridized carbons (Fsp3) is 0.250. The summed E-state index contributed by atoms with van der Waals surface area (Å²) in [5.41, 5.74) is 1.64. The number of aliphatic hydroxyl groups excluding tert-OH is 1. The van der Waals surface area contributed by atoms with Crippen LogP contribution in [-0.4, -0.2) is 35.1 Å². The molecular formula is C20H18FNO2. The quantitative estimate of drug-likeness (QED) is 0.863. The molecule has 3 atom stereocenters. The van der Waals surface area contributed by atoms with Gasteiger partial charge in [-0.3, -0.25) is 4.79 Å². The Morgan fingerprint density at radius 2 is 1.83 bits per heavy atom. The zero-order valence-corrected chi connectivity index (χ0v) is 13.3. The van der Waals surface area contributed by atoms with Crippen LogP contribution < -0.4 is 0 Å². The Labute approximate surface area is 140 Å². The normalized spacial score (nSPS) is 21.3. The van der Waals surface area contributed by atoms with Crippen LogP contribution in [0.3, 0.4) is 0 Å². The number of rotatable bonds is 2. The highest BCUT2D eigenvalue weighted by atomic mass is 19.1. The summed E-state index contributed by atoms with van der Waals surface area (Å²) in [4.78, 5) is 13.7. The predicted molar refractivity (Wildman–Crippen MR) is 89.6 cm³/mol. The van der Waals surface area contributed by atoms with E-state index in [1.54, 1.807) is 24.1 Å². The Morgan fingerprint density at radius 3 is 2.50 bits per heavy atom. The van der Waals surface area contributed by atoms with Crippen molar-refractivity contribution in [1.82, 2.24) is 4.90 Å². The van der Waals surface area contributed by atoms with Crippen LogP contribution in [-0.2, 0) is 4.79 Å². The molecule has 1 fully saturated rings. The van der Waals surface area contributed by atoms with Crippen molar-refractivity contribution in [2.45, 2.75) is 24.5 Å². The lowest BCUT2D eigenvalue weighted by Gasteiger charge is -2.27. The number of halogens is 1. The average Bonchev–Trinajstić information content (AvgIpc) is 2.90. The van der Waals surface area contributed by atoms with Crippen molar-refractivity contribution >= 4 is 5.91 Å². The Hall–Kier alpha value is -2.64. The summed E-state index contributed by atoms with van der Waals surface area (Å²) in [6.07, 6.45) is -0.614. The summed E-state index contributed by atoms with van der Waals surface area (Å²) in [6, 6.07) is 15.1. The van der Waals surface area contributed by atoms with Crippen LogP contribution in [0.2, 0.25) is 0 Å². The molecule has 24 heavy (non-hydrogen) atoms. The lowest BCUT2D eigenvalue weighted by Crippen LogP contribution is -2.40. The minimum Gasteiger partial charge on any atom is -0.378 e. The Morgan fingerprint density at radius 1 is 1.17 bits per heavy atom. The van der Waals surface area contributed by atoms with Gasteiger partial charge in [-0.25, -0.2) is 4.39 Å². The van der Waals surface area contributed by atoms with Crippen molar-refractivity contribution in [2.75, 3.05) is 7.05 Å². The van der Waals surface area contributed by atoms with Gasteiger partial charge in [0.2, 0.25) is 5.91 Å². The third-order valence-electron chi connectivity index (χ3n) is 4.41. The fourth-order valence-corrected chi connectivity index (χ4v) is 3.11. The van der Waals surface area contributed by atoms with E-state index in [1.165, 1.54) is 12.1 Å². The predicted octanol–water partition coefficient (Wildman–Crippen LogP) is 2.55. The van der Waals surface area contributed by atoms with Crippen LogP contribution in [0.5, 0.6) is 0 Å². The molecule has 2 aromatic carbocycles. The number of hydrogen-bond donors (Lipinski definition) is 1. The molecule has 3 nitrogen and oxygen atoms in total. The highest BCUT2D eigenvalue weighted by molar-refractivity contribution is 5.80. The first-order chi connectivity index (χ1) is 11.6. The van der Waals surface area contributed by atoms with Gasteiger partial charge >= 0.3 is 0 Å². The molecule has 1 aliphatic rings. The molecule has 1 amide bonds. The molecule has 0 saturated carbocycles. The maximum atomic E-state index is 12.9. The molecular weight excluding hydrogens is 305 g/mol. The number of likely N-dealkylation sites (N-methyl/N-ethyl adjacent to an activating group) is 1. The third kappa shape index (κ3) is 3.32. The number of amides is 1. The largest absolute Gasteiger partial charge is 0.378 e. The Kier molecular flexibility index (Phi) is 4.64. The molecule has 1 saturated heterocycles. The van der Waals surface area contributed by atoms with Crippen molar-refractivity contribution in [2.24, 2.45) is 0 Å². The molecule has 4 heteroatoms. The van der Waals surface area contributed by atoms with E-state index in [0.717, 1.165) is 5.56 Å². The first-order valence-electron chi connectivity index (χ1n) is 7.82.